The summed E-state index contributed by atoms with van der Waals surface area (Å²) < 4.78 is 0. The van der Waals surface area contributed by atoms with Gasteiger partial charge >= 0.3 is 0 Å². The quantitative estimate of drug-likeness (QED) is 0.845. The van der Waals surface area contributed by atoms with E-state index in [1.807, 2.05) is 12.1 Å². The lowest BCUT2D eigenvalue weighted by atomic mass is 9.85. The molecule has 0 unspecified atom stereocenters. The topological polar surface area (TPSA) is 39.7 Å². The fraction of sp³-hybridized carbons (Fsp3) is 0.684. The van der Waals surface area contributed by atoms with Gasteiger partial charge in [0, 0.05) is 44.0 Å². The lowest BCUT2D eigenvalue weighted by Gasteiger charge is -2.47. The van der Waals surface area contributed by atoms with Gasteiger partial charge in [0.25, 0.3) is 0 Å². The number of likely N-dealkylation sites (N-methyl/N-ethyl adjacent to an activating group) is 2. The highest BCUT2D eigenvalue weighted by atomic mass is 16.2. The smallest absolute Gasteiger partial charge is 0.222 e. The molecular weight excluding hydrogens is 300 g/mol. The van der Waals surface area contributed by atoms with E-state index in [0.717, 1.165) is 38.9 Å². The molecule has 2 fully saturated rings. The molecule has 2 aliphatic rings. The predicted molar refractivity (Wildman–Crippen MR) is 95.8 cm³/mol. The number of carbonyl (C=O) groups is 1. The van der Waals surface area contributed by atoms with Crippen LogP contribution in [0, 0.1) is 0 Å². The van der Waals surface area contributed by atoms with E-state index in [0.29, 0.717) is 12.3 Å². The number of hydrogen-bond donors (Lipinski definition) is 0. The van der Waals surface area contributed by atoms with Crippen molar-refractivity contribution in [2.24, 2.45) is 0 Å². The van der Waals surface area contributed by atoms with E-state index in [9.17, 15) is 4.79 Å². The molecule has 0 saturated carbocycles. The molecular formula is C19H30N4O. The Morgan fingerprint density at radius 2 is 1.83 bits per heavy atom. The molecule has 1 aromatic rings. The number of amides is 1. The molecule has 1 spiro atoms. The van der Waals surface area contributed by atoms with E-state index in [4.69, 9.17) is 0 Å². The van der Waals surface area contributed by atoms with Gasteiger partial charge in [-0.2, -0.15) is 0 Å². The average molecular weight is 330 g/mol. The first kappa shape index (κ1) is 17.4. The summed E-state index contributed by atoms with van der Waals surface area (Å²) in [6.07, 6.45) is 8.43. The van der Waals surface area contributed by atoms with Crippen molar-refractivity contribution in [3.05, 3.63) is 30.1 Å². The van der Waals surface area contributed by atoms with Gasteiger partial charge in [0.2, 0.25) is 5.91 Å². The molecule has 0 aromatic carbocycles. The number of hydrogen-bond acceptors (Lipinski definition) is 4. The maximum Gasteiger partial charge on any atom is 0.222 e. The normalized spacial score (nSPS) is 22.5. The minimum atomic E-state index is 0.257. The fourth-order valence-corrected chi connectivity index (χ4v) is 4.19. The maximum absolute atomic E-state index is 12.5. The second-order valence-corrected chi connectivity index (χ2v) is 7.47. The summed E-state index contributed by atoms with van der Waals surface area (Å²) >= 11 is 0. The summed E-state index contributed by atoms with van der Waals surface area (Å²) in [5.41, 5.74) is 1.45. The minimum Gasteiger partial charge on any atom is -0.343 e. The van der Waals surface area contributed by atoms with Crippen molar-refractivity contribution in [2.45, 2.75) is 37.6 Å². The van der Waals surface area contributed by atoms with Crippen LogP contribution >= 0.6 is 0 Å². The van der Waals surface area contributed by atoms with E-state index >= 15 is 0 Å². The number of likely N-dealkylation sites (tertiary alicyclic amines) is 1. The molecule has 2 saturated heterocycles. The van der Waals surface area contributed by atoms with E-state index in [1.54, 1.807) is 12.4 Å². The van der Waals surface area contributed by atoms with Crippen LogP contribution in [0.1, 0.15) is 31.2 Å². The SMILES string of the molecule is CN1CCCN(C)C2(CCN(C(=O)CCc3ccncc3)CC2)C1. The summed E-state index contributed by atoms with van der Waals surface area (Å²) in [4.78, 5) is 23.7. The largest absolute Gasteiger partial charge is 0.343 e. The molecule has 1 amide bonds. The van der Waals surface area contributed by atoms with Gasteiger partial charge in [0.15, 0.2) is 0 Å². The van der Waals surface area contributed by atoms with Crippen LogP contribution in [-0.4, -0.2) is 77.9 Å². The first-order valence-corrected chi connectivity index (χ1v) is 9.16. The predicted octanol–water partition coefficient (Wildman–Crippen LogP) is 1.64. The van der Waals surface area contributed by atoms with Gasteiger partial charge in [0.05, 0.1) is 0 Å². The number of carbonyl (C=O) groups excluding carboxylic acids is 1. The Morgan fingerprint density at radius 3 is 2.54 bits per heavy atom. The average Bonchev–Trinajstić information content (AvgIpc) is 2.73. The number of aromatic nitrogens is 1. The lowest BCUT2D eigenvalue weighted by Crippen LogP contribution is -2.58. The summed E-state index contributed by atoms with van der Waals surface area (Å²) in [7, 11) is 4.49. The van der Waals surface area contributed by atoms with E-state index in [-0.39, 0.29) is 5.54 Å². The highest BCUT2D eigenvalue weighted by Crippen LogP contribution is 2.31. The van der Waals surface area contributed by atoms with E-state index < -0.39 is 0 Å². The first-order chi connectivity index (χ1) is 11.6. The van der Waals surface area contributed by atoms with Gasteiger partial charge in [-0.05, 0) is 70.6 Å². The first-order valence-electron chi connectivity index (χ1n) is 9.16. The van der Waals surface area contributed by atoms with Crippen molar-refractivity contribution in [3.63, 3.8) is 0 Å². The second-order valence-electron chi connectivity index (χ2n) is 7.47. The molecule has 2 aliphatic heterocycles. The number of aryl methyl sites for hydroxylation is 1. The van der Waals surface area contributed by atoms with Gasteiger partial charge in [0.1, 0.15) is 0 Å². The minimum absolute atomic E-state index is 0.257. The molecule has 1 aromatic heterocycles. The monoisotopic (exact) mass is 330 g/mol. The van der Waals surface area contributed by atoms with Crippen LogP contribution in [0.4, 0.5) is 0 Å². The molecule has 0 aliphatic carbocycles. The van der Waals surface area contributed by atoms with Gasteiger partial charge < -0.3 is 9.80 Å². The zero-order valence-electron chi connectivity index (χ0n) is 15.1. The third-order valence-corrected chi connectivity index (χ3v) is 5.83. The van der Waals surface area contributed by atoms with Gasteiger partial charge in [-0.3, -0.25) is 14.7 Å². The standard InChI is InChI=1S/C19H30N4O/c1-21-12-3-13-22(2)19(16-21)8-14-23(15-9-19)18(24)5-4-17-6-10-20-11-7-17/h6-7,10-11H,3-5,8-9,12-16H2,1-2H3. The van der Waals surface area contributed by atoms with Crippen molar-refractivity contribution >= 4 is 5.91 Å². The van der Waals surface area contributed by atoms with Crippen molar-refractivity contribution < 1.29 is 4.79 Å². The Hall–Kier alpha value is -1.46. The zero-order valence-corrected chi connectivity index (χ0v) is 15.1. The Labute approximate surface area is 145 Å². The number of piperidine rings is 1. The summed E-state index contributed by atoms with van der Waals surface area (Å²) in [6, 6.07) is 3.99. The highest BCUT2D eigenvalue weighted by Gasteiger charge is 2.40. The molecule has 132 valence electrons. The van der Waals surface area contributed by atoms with Crippen molar-refractivity contribution in [3.8, 4) is 0 Å². The third kappa shape index (κ3) is 3.95. The van der Waals surface area contributed by atoms with Crippen molar-refractivity contribution in [2.75, 3.05) is 46.8 Å². The van der Waals surface area contributed by atoms with Crippen LogP contribution < -0.4 is 0 Å². The number of nitrogens with zero attached hydrogens (tertiary/aromatic N) is 4. The summed E-state index contributed by atoms with van der Waals surface area (Å²) in [6.45, 7) is 5.27. The van der Waals surface area contributed by atoms with Crippen LogP contribution in [0.3, 0.4) is 0 Å². The molecule has 0 atom stereocenters. The fourth-order valence-electron chi connectivity index (χ4n) is 4.19. The second kappa shape index (κ2) is 7.62. The van der Waals surface area contributed by atoms with Crippen LogP contribution in [0.15, 0.2) is 24.5 Å². The molecule has 24 heavy (non-hydrogen) atoms. The molecule has 3 heterocycles. The Bertz CT molecular complexity index is 540. The highest BCUT2D eigenvalue weighted by molar-refractivity contribution is 5.76. The molecule has 5 heteroatoms. The summed E-state index contributed by atoms with van der Waals surface area (Å²) in [5.74, 6) is 0.297. The van der Waals surface area contributed by atoms with Crippen LogP contribution in [0.2, 0.25) is 0 Å². The van der Waals surface area contributed by atoms with E-state index in [1.165, 1.54) is 25.1 Å². The van der Waals surface area contributed by atoms with E-state index in [2.05, 4.69) is 33.8 Å². The summed E-state index contributed by atoms with van der Waals surface area (Å²) in [5, 5.41) is 0. The third-order valence-electron chi connectivity index (χ3n) is 5.83. The zero-order chi connectivity index (χ0) is 17.0. The van der Waals surface area contributed by atoms with Crippen molar-refractivity contribution in [1.82, 2.24) is 19.7 Å². The number of pyridine rings is 1. The number of rotatable bonds is 3. The van der Waals surface area contributed by atoms with Gasteiger partial charge in [-0.25, -0.2) is 0 Å². The molecule has 0 bridgehead atoms. The van der Waals surface area contributed by atoms with Crippen molar-refractivity contribution in [1.29, 1.82) is 0 Å². The molecule has 0 radical (unpaired) electrons. The Morgan fingerprint density at radius 1 is 1.12 bits per heavy atom. The Balaban J connectivity index is 1.53. The van der Waals surface area contributed by atoms with Crippen LogP contribution in [0.5, 0.6) is 0 Å². The maximum atomic E-state index is 12.5. The lowest BCUT2D eigenvalue weighted by molar-refractivity contribution is -0.134. The molecule has 3 rings (SSSR count). The van der Waals surface area contributed by atoms with Crippen LogP contribution in [0.25, 0.3) is 0 Å². The van der Waals surface area contributed by atoms with Gasteiger partial charge in [-0.15, -0.1) is 0 Å². The molecule has 5 nitrogen and oxygen atoms in total. The molecule has 0 N–H and O–H groups in total. The Kier molecular flexibility index (Phi) is 5.51. The van der Waals surface area contributed by atoms with Gasteiger partial charge in [-0.1, -0.05) is 0 Å². The van der Waals surface area contributed by atoms with Crippen LogP contribution in [-0.2, 0) is 11.2 Å².